The molecule has 0 aliphatic carbocycles. The monoisotopic (exact) mass is 353 g/mol. The summed E-state index contributed by atoms with van der Waals surface area (Å²) in [7, 11) is 0. The Morgan fingerprint density at radius 2 is 1.80 bits per heavy atom. The van der Waals surface area contributed by atoms with Gasteiger partial charge in [0.15, 0.2) is 6.10 Å². The van der Waals surface area contributed by atoms with Crippen molar-refractivity contribution in [2.24, 2.45) is 0 Å². The van der Waals surface area contributed by atoms with Crippen LogP contribution in [0.3, 0.4) is 0 Å². The Bertz CT molecular complexity index is 789. The summed E-state index contributed by atoms with van der Waals surface area (Å²) >= 11 is 0. The van der Waals surface area contributed by atoms with Gasteiger partial charge in [0, 0.05) is 5.69 Å². The van der Waals surface area contributed by atoms with E-state index in [-0.39, 0.29) is 17.0 Å². The van der Waals surface area contributed by atoms with Gasteiger partial charge in [-0.3, -0.25) is 4.79 Å². The van der Waals surface area contributed by atoms with Crippen molar-refractivity contribution < 1.29 is 32.6 Å². The third-order valence-corrected chi connectivity index (χ3v) is 3.19. The number of phenols is 1. The van der Waals surface area contributed by atoms with Crippen LogP contribution < -0.4 is 5.32 Å². The zero-order valence-corrected chi connectivity index (χ0v) is 13.0. The molecule has 2 rings (SSSR count). The van der Waals surface area contributed by atoms with Crippen LogP contribution in [0.15, 0.2) is 48.5 Å². The van der Waals surface area contributed by atoms with Crippen molar-refractivity contribution in [3.8, 4) is 5.75 Å². The second-order valence-corrected chi connectivity index (χ2v) is 5.17. The molecule has 0 saturated carbocycles. The van der Waals surface area contributed by atoms with Crippen LogP contribution in [0, 0.1) is 0 Å². The molecule has 0 spiro atoms. The Kier molecular flexibility index (Phi) is 5.31. The summed E-state index contributed by atoms with van der Waals surface area (Å²) in [6.07, 6.45) is -5.78. The molecule has 1 atom stereocenters. The Morgan fingerprint density at radius 3 is 2.44 bits per heavy atom. The van der Waals surface area contributed by atoms with Crippen molar-refractivity contribution in [1.82, 2.24) is 0 Å². The average Bonchev–Trinajstić information content (AvgIpc) is 2.54. The van der Waals surface area contributed by atoms with Crippen molar-refractivity contribution >= 4 is 17.6 Å². The van der Waals surface area contributed by atoms with E-state index in [0.29, 0.717) is 0 Å². The largest absolute Gasteiger partial charge is 0.508 e. The molecule has 25 heavy (non-hydrogen) atoms. The average molecular weight is 353 g/mol. The summed E-state index contributed by atoms with van der Waals surface area (Å²) in [5.74, 6) is -1.77. The van der Waals surface area contributed by atoms with Crippen LogP contribution in [0.2, 0.25) is 0 Å². The Morgan fingerprint density at radius 1 is 1.12 bits per heavy atom. The number of amides is 1. The van der Waals surface area contributed by atoms with Crippen LogP contribution >= 0.6 is 0 Å². The van der Waals surface area contributed by atoms with E-state index in [1.54, 1.807) is 0 Å². The third kappa shape index (κ3) is 4.97. The number of esters is 1. The quantitative estimate of drug-likeness (QED) is 0.824. The van der Waals surface area contributed by atoms with Gasteiger partial charge >= 0.3 is 12.1 Å². The Balaban J connectivity index is 2.02. The van der Waals surface area contributed by atoms with E-state index < -0.39 is 29.7 Å². The summed E-state index contributed by atoms with van der Waals surface area (Å²) in [5, 5.41) is 11.6. The minimum absolute atomic E-state index is 0.0405. The molecule has 2 aromatic carbocycles. The molecule has 0 aliphatic heterocycles. The third-order valence-electron chi connectivity index (χ3n) is 3.19. The van der Waals surface area contributed by atoms with Gasteiger partial charge in [0.1, 0.15) is 5.75 Å². The molecular formula is C17H14F3NO4. The zero-order valence-electron chi connectivity index (χ0n) is 13.0. The number of rotatable bonds is 4. The van der Waals surface area contributed by atoms with Gasteiger partial charge < -0.3 is 15.2 Å². The first-order chi connectivity index (χ1) is 11.7. The molecule has 5 nitrogen and oxygen atoms in total. The molecule has 0 fully saturated rings. The molecule has 0 saturated heterocycles. The number of anilines is 1. The number of ether oxygens (including phenoxy) is 1. The minimum atomic E-state index is -4.53. The van der Waals surface area contributed by atoms with E-state index in [2.05, 4.69) is 5.32 Å². The number of carbonyl (C=O) groups is 2. The SMILES string of the molecule is C[C@H](OC(=O)c1cccc(O)c1)C(=O)Nc1cccc(C(F)(F)F)c1. The topological polar surface area (TPSA) is 75.6 Å². The first kappa shape index (κ1) is 18.3. The fraction of sp³-hybridized carbons (Fsp3) is 0.176. The van der Waals surface area contributed by atoms with Crippen molar-refractivity contribution in [3.63, 3.8) is 0 Å². The maximum absolute atomic E-state index is 12.7. The normalized spacial score (nSPS) is 12.3. The van der Waals surface area contributed by atoms with Gasteiger partial charge in [0.2, 0.25) is 0 Å². The number of alkyl halides is 3. The fourth-order valence-corrected chi connectivity index (χ4v) is 1.93. The Hall–Kier alpha value is -3.03. The van der Waals surface area contributed by atoms with E-state index in [4.69, 9.17) is 4.74 Å². The lowest BCUT2D eigenvalue weighted by molar-refractivity contribution is -0.137. The first-order valence-electron chi connectivity index (χ1n) is 7.15. The maximum atomic E-state index is 12.7. The van der Waals surface area contributed by atoms with E-state index in [1.807, 2.05) is 0 Å². The van der Waals surface area contributed by atoms with Crippen LogP contribution in [0.4, 0.5) is 18.9 Å². The van der Waals surface area contributed by atoms with E-state index >= 15 is 0 Å². The van der Waals surface area contributed by atoms with Crippen molar-refractivity contribution in [2.45, 2.75) is 19.2 Å². The smallest absolute Gasteiger partial charge is 0.416 e. The molecule has 2 N–H and O–H groups in total. The highest BCUT2D eigenvalue weighted by atomic mass is 19.4. The fourth-order valence-electron chi connectivity index (χ4n) is 1.93. The summed E-state index contributed by atoms with van der Waals surface area (Å²) < 4.78 is 42.9. The number of nitrogens with one attached hydrogen (secondary N) is 1. The molecule has 1 amide bonds. The summed E-state index contributed by atoms with van der Waals surface area (Å²) in [4.78, 5) is 23.9. The van der Waals surface area contributed by atoms with E-state index in [1.165, 1.54) is 37.3 Å². The summed E-state index contributed by atoms with van der Waals surface area (Å²) in [5.41, 5.74) is -0.937. The standard InChI is InChI=1S/C17H14F3NO4/c1-10(25-16(24)11-4-2-7-14(22)8-11)15(23)21-13-6-3-5-12(9-13)17(18,19)20/h2-10,22H,1H3,(H,21,23)/t10-/m0/s1. The summed E-state index contributed by atoms with van der Waals surface area (Å²) in [6.45, 7) is 1.28. The highest BCUT2D eigenvalue weighted by Gasteiger charge is 2.30. The predicted molar refractivity (Wildman–Crippen MR) is 83.1 cm³/mol. The van der Waals surface area contributed by atoms with Crippen LogP contribution in [0.25, 0.3) is 0 Å². The number of carbonyl (C=O) groups excluding carboxylic acids is 2. The van der Waals surface area contributed by atoms with Gasteiger partial charge in [-0.05, 0) is 43.3 Å². The van der Waals surface area contributed by atoms with Gasteiger partial charge in [-0.2, -0.15) is 13.2 Å². The van der Waals surface area contributed by atoms with Crippen LogP contribution in [-0.2, 0) is 15.7 Å². The second-order valence-electron chi connectivity index (χ2n) is 5.17. The van der Waals surface area contributed by atoms with Crippen molar-refractivity contribution in [2.75, 3.05) is 5.32 Å². The van der Waals surface area contributed by atoms with Gasteiger partial charge in [0.25, 0.3) is 5.91 Å². The molecule has 0 unspecified atom stereocenters. The van der Waals surface area contributed by atoms with Crippen LogP contribution in [0.5, 0.6) is 5.75 Å². The minimum Gasteiger partial charge on any atom is -0.508 e. The van der Waals surface area contributed by atoms with Crippen LogP contribution in [0.1, 0.15) is 22.8 Å². The van der Waals surface area contributed by atoms with Gasteiger partial charge in [-0.15, -0.1) is 0 Å². The zero-order chi connectivity index (χ0) is 18.6. The van der Waals surface area contributed by atoms with Crippen molar-refractivity contribution in [1.29, 1.82) is 0 Å². The predicted octanol–water partition coefficient (Wildman–Crippen LogP) is 3.60. The highest BCUT2D eigenvalue weighted by molar-refractivity contribution is 5.97. The van der Waals surface area contributed by atoms with E-state index in [0.717, 1.165) is 18.2 Å². The molecule has 0 heterocycles. The number of aromatic hydroxyl groups is 1. The number of phenolic OH excluding ortho intramolecular Hbond substituents is 1. The molecular weight excluding hydrogens is 339 g/mol. The van der Waals surface area contributed by atoms with Gasteiger partial charge in [-0.1, -0.05) is 12.1 Å². The summed E-state index contributed by atoms with van der Waals surface area (Å²) in [6, 6.07) is 9.44. The lowest BCUT2D eigenvalue weighted by Crippen LogP contribution is -2.30. The van der Waals surface area contributed by atoms with Gasteiger partial charge in [0.05, 0.1) is 11.1 Å². The molecule has 2 aromatic rings. The second kappa shape index (κ2) is 7.25. The lowest BCUT2D eigenvalue weighted by Gasteiger charge is -2.14. The lowest BCUT2D eigenvalue weighted by atomic mass is 10.2. The number of benzene rings is 2. The molecule has 0 aromatic heterocycles. The van der Waals surface area contributed by atoms with Gasteiger partial charge in [-0.25, -0.2) is 4.79 Å². The highest BCUT2D eigenvalue weighted by Crippen LogP contribution is 2.30. The molecule has 0 aliphatic rings. The number of hydrogen-bond acceptors (Lipinski definition) is 4. The molecule has 132 valence electrons. The van der Waals surface area contributed by atoms with Crippen molar-refractivity contribution in [3.05, 3.63) is 59.7 Å². The maximum Gasteiger partial charge on any atom is 0.416 e. The first-order valence-corrected chi connectivity index (χ1v) is 7.15. The number of hydrogen-bond donors (Lipinski definition) is 2. The molecule has 0 bridgehead atoms. The number of halogens is 3. The Labute approximate surface area is 141 Å². The molecule has 0 radical (unpaired) electrons. The van der Waals surface area contributed by atoms with Crippen LogP contribution in [-0.4, -0.2) is 23.1 Å². The molecule has 8 heteroatoms. The van der Waals surface area contributed by atoms with E-state index in [9.17, 15) is 27.9 Å².